The predicted molar refractivity (Wildman–Crippen MR) is 94.1 cm³/mol. The van der Waals surface area contributed by atoms with Crippen molar-refractivity contribution in [3.05, 3.63) is 46.9 Å². The molecule has 1 N–H and O–H groups in total. The Balaban J connectivity index is 2.04. The van der Waals surface area contributed by atoms with Crippen LogP contribution < -0.4 is 5.32 Å². The van der Waals surface area contributed by atoms with Gasteiger partial charge in [-0.25, -0.2) is 4.39 Å². The van der Waals surface area contributed by atoms with Crippen molar-refractivity contribution in [2.75, 3.05) is 0 Å². The van der Waals surface area contributed by atoms with Crippen LogP contribution in [0.1, 0.15) is 46.8 Å². The lowest BCUT2D eigenvalue weighted by molar-refractivity contribution is 0.236. The van der Waals surface area contributed by atoms with E-state index in [1.807, 2.05) is 12.1 Å². The molecule has 0 atom stereocenters. The molecule has 2 nitrogen and oxygen atoms in total. The number of hydrogen-bond donors (Lipinski definition) is 1. The van der Waals surface area contributed by atoms with E-state index in [2.05, 4.69) is 39.9 Å². The van der Waals surface area contributed by atoms with Crippen LogP contribution in [0.4, 0.5) is 4.39 Å². The van der Waals surface area contributed by atoms with E-state index < -0.39 is 5.82 Å². The Morgan fingerprint density at radius 3 is 2.39 bits per heavy atom. The summed E-state index contributed by atoms with van der Waals surface area (Å²) in [7, 11) is 0. The lowest BCUT2D eigenvalue weighted by Gasteiger charge is -2.33. The van der Waals surface area contributed by atoms with Crippen molar-refractivity contribution in [3.8, 4) is 11.3 Å². The van der Waals surface area contributed by atoms with Gasteiger partial charge in [-0.3, -0.25) is 0 Å². The molecule has 0 aliphatic carbocycles. The van der Waals surface area contributed by atoms with Crippen LogP contribution in [0.25, 0.3) is 11.3 Å². The Labute approximate surface area is 143 Å². The van der Waals surface area contributed by atoms with Crippen LogP contribution in [0, 0.1) is 11.2 Å². The number of halogens is 2. The molecule has 0 unspecified atom stereocenters. The summed E-state index contributed by atoms with van der Waals surface area (Å²) in [6, 6.07) is 8.42. The Hall–Kier alpha value is -1.32. The molecular weight excluding hydrogens is 313 g/mol. The Kier molecular flexibility index (Phi) is 5.22. The molecule has 1 aromatic carbocycles. The highest BCUT2D eigenvalue weighted by molar-refractivity contribution is 6.31. The Morgan fingerprint density at radius 2 is 1.78 bits per heavy atom. The highest BCUT2D eigenvalue weighted by Crippen LogP contribution is 2.29. The first kappa shape index (κ1) is 18.0. The van der Waals surface area contributed by atoms with Gasteiger partial charge in [0, 0.05) is 11.1 Å². The molecule has 1 aromatic heterocycles. The van der Waals surface area contributed by atoms with Crippen LogP contribution in [0.2, 0.25) is 5.02 Å². The van der Waals surface area contributed by atoms with Gasteiger partial charge in [-0.2, -0.15) is 0 Å². The summed E-state index contributed by atoms with van der Waals surface area (Å²) in [6.45, 7) is 11.8. The molecule has 0 radical (unpaired) electrons. The maximum atomic E-state index is 13.2. The Bertz CT molecular complexity index is 670. The number of nitrogens with one attached hydrogen (secondary N) is 1. The summed E-state index contributed by atoms with van der Waals surface area (Å²) in [5.41, 5.74) is 1.05. The second kappa shape index (κ2) is 6.66. The summed E-state index contributed by atoms with van der Waals surface area (Å²) in [5.74, 6) is 1.12. The quantitative estimate of drug-likeness (QED) is 0.719. The van der Waals surface area contributed by atoms with Gasteiger partial charge < -0.3 is 9.73 Å². The van der Waals surface area contributed by atoms with Gasteiger partial charge in [0.1, 0.15) is 17.3 Å². The van der Waals surface area contributed by atoms with Gasteiger partial charge in [-0.15, -0.1) is 0 Å². The fraction of sp³-hybridized carbons (Fsp3) is 0.474. The molecule has 0 bridgehead atoms. The first-order valence-electron chi connectivity index (χ1n) is 7.85. The van der Waals surface area contributed by atoms with Crippen LogP contribution >= 0.6 is 11.6 Å². The van der Waals surface area contributed by atoms with E-state index in [9.17, 15) is 4.39 Å². The zero-order chi connectivity index (χ0) is 17.3. The number of hydrogen-bond acceptors (Lipinski definition) is 2. The van der Waals surface area contributed by atoms with Gasteiger partial charge in [-0.05, 0) is 56.0 Å². The van der Waals surface area contributed by atoms with Crippen LogP contribution in [0.15, 0.2) is 34.7 Å². The van der Waals surface area contributed by atoms with E-state index >= 15 is 0 Å². The molecule has 4 heteroatoms. The lowest BCUT2D eigenvalue weighted by Crippen LogP contribution is -2.41. The fourth-order valence-electron chi connectivity index (χ4n) is 2.99. The minimum Gasteiger partial charge on any atom is -0.460 e. The second-order valence-electron chi connectivity index (χ2n) is 7.87. The van der Waals surface area contributed by atoms with Crippen molar-refractivity contribution in [1.29, 1.82) is 0 Å². The zero-order valence-corrected chi connectivity index (χ0v) is 15.2. The highest BCUT2D eigenvalue weighted by Gasteiger charge is 2.25. The van der Waals surface area contributed by atoms with Crippen LogP contribution in [0.5, 0.6) is 0 Å². The van der Waals surface area contributed by atoms with E-state index in [0.29, 0.717) is 12.3 Å². The molecule has 0 aliphatic heterocycles. The van der Waals surface area contributed by atoms with Crippen molar-refractivity contribution < 1.29 is 8.81 Å². The summed E-state index contributed by atoms with van der Waals surface area (Å²) < 4.78 is 19.1. The lowest BCUT2D eigenvalue weighted by atomic mass is 9.82. The molecule has 1 heterocycles. The normalized spacial score (nSPS) is 12.7. The van der Waals surface area contributed by atoms with Gasteiger partial charge >= 0.3 is 0 Å². The average molecular weight is 338 g/mol. The first-order chi connectivity index (χ1) is 10.6. The first-order valence-corrected chi connectivity index (χ1v) is 8.23. The van der Waals surface area contributed by atoms with E-state index in [4.69, 9.17) is 16.0 Å². The van der Waals surface area contributed by atoms with Crippen LogP contribution in [0.3, 0.4) is 0 Å². The number of benzene rings is 1. The molecule has 126 valence electrons. The molecule has 0 saturated heterocycles. The second-order valence-corrected chi connectivity index (χ2v) is 8.28. The molecule has 23 heavy (non-hydrogen) atoms. The largest absolute Gasteiger partial charge is 0.460 e. The minimum atomic E-state index is -0.423. The molecule has 0 amide bonds. The topological polar surface area (TPSA) is 25.2 Å². The third kappa shape index (κ3) is 5.36. The molecule has 0 fully saturated rings. The number of furan rings is 1. The molecule has 2 aromatic rings. The average Bonchev–Trinajstić information content (AvgIpc) is 2.86. The fourth-order valence-corrected chi connectivity index (χ4v) is 3.17. The van der Waals surface area contributed by atoms with E-state index in [-0.39, 0.29) is 16.0 Å². The summed E-state index contributed by atoms with van der Waals surface area (Å²) in [4.78, 5) is 0. The van der Waals surface area contributed by atoms with Crippen LogP contribution in [-0.2, 0) is 6.54 Å². The highest BCUT2D eigenvalue weighted by atomic mass is 35.5. The van der Waals surface area contributed by atoms with Crippen molar-refractivity contribution in [3.63, 3.8) is 0 Å². The molecule has 0 aliphatic rings. The standard InChI is InChI=1S/C19H25ClFNO/c1-18(2,3)12-19(4,5)22-11-14-7-9-17(23-14)13-6-8-16(21)15(20)10-13/h6-10,22H,11-12H2,1-5H3. The molecular formula is C19H25ClFNO. The zero-order valence-electron chi connectivity index (χ0n) is 14.5. The molecule has 0 spiro atoms. The monoisotopic (exact) mass is 337 g/mol. The van der Waals surface area contributed by atoms with E-state index in [0.717, 1.165) is 17.7 Å². The van der Waals surface area contributed by atoms with E-state index in [1.165, 1.54) is 6.07 Å². The van der Waals surface area contributed by atoms with Gasteiger partial charge in [0.15, 0.2) is 0 Å². The summed E-state index contributed by atoms with van der Waals surface area (Å²) >= 11 is 5.82. The maximum Gasteiger partial charge on any atom is 0.141 e. The van der Waals surface area contributed by atoms with Crippen LogP contribution in [-0.4, -0.2) is 5.54 Å². The summed E-state index contributed by atoms with van der Waals surface area (Å²) in [6.07, 6.45) is 1.06. The third-order valence-electron chi connectivity index (χ3n) is 3.58. The molecule has 0 saturated carbocycles. The van der Waals surface area contributed by atoms with E-state index in [1.54, 1.807) is 12.1 Å². The minimum absolute atomic E-state index is 0.0182. The maximum absolute atomic E-state index is 13.2. The third-order valence-corrected chi connectivity index (χ3v) is 3.87. The van der Waals surface area contributed by atoms with Gasteiger partial charge in [0.2, 0.25) is 0 Å². The van der Waals surface area contributed by atoms with Crippen molar-refractivity contribution in [1.82, 2.24) is 5.32 Å². The molecule has 2 rings (SSSR count). The van der Waals surface area contributed by atoms with Gasteiger partial charge in [-0.1, -0.05) is 32.4 Å². The number of rotatable bonds is 5. The van der Waals surface area contributed by atoms with Crippen molar-refractivity contribution in [2.24, 2.45) is 5.41 Å². The smallest absolute Gasteiger partial charge is 0.141 e. The SMILES string of the molecule is CC(C)(C)CC(C)(C)NCc1ccc(-c2ccc(F)c(Cl)c2)o1. The Morgan fingerprint density at radius 1 is 1.09 bits per heavy atom. The van der Waals surface area contributed by atoms with Crippen molar-refractivity contribution >= 4 is 11.6 Å². The van der Waals surface area contributed by atoms with Crippen molar-refractivity contribution in [2.45, 2.75) is 53.1 Å². The predicted octanol–water partition coefficient (Wildman–Crippen LogP) is 6.04. The van der Waals surface area contributed by atoms with Gasteiger partial charge in [0.25, 0.3) is 0 Å². The summed E-state index contributed by atoms with van der Waals surface area (Å²) in [5, 5.41) is 3.64. The van der Waals surface area contributed by atoms with Gasteiger partial charge in [0.05, 0.1) is 11.6 Å².